The molecule has 1 heterocycles. The van der Waals surface area contributed by atoms with Crippen molar-refractivity contribution in [3.63, 3.8) is 0 Å². The lowest BCUT2D eigenvalue weighted by Crippen LogP contribution is -2.29. The van der Waals surface area contributed by atoms with Gasteiger partial charge in [0.1, 0.15) is 5.75 Å². The van der Waals surface area contributed by atoms with Gasteiger partial charge in [0.15, 0.2) is 0 Å². The first-order chi connectivity index (χ1) is 8.51. The van der Waals surface area contributed by atoms with E-state index in [0.29, 0.717) is 6.61 Å². The predicted octanol–water partition coefficient (Wildman–Crippen LogP) is 1.09. The van der Waals surface area contributed by atoms with Crippen molar-refractivity contribution in [3.05, 3.63) is 41.9 Å². The summed E-state index contributed by atoms with van der Waals surface area (Å²) in [5, 5.41) is 9.14. The van der Waals surface area contributed by atoms with Crippen LogP contribution in [-0.4, -0.2) is 24.4 Å². The Morgan fingerprint density at radius 2 is 2.00 bits per heavy atom. The number of rotatable bonds is 4. The van der Waals surface area contributed by atoms with Crippen molar-refractivity contribution in [2.45, 2.75) is 13.5 Å². The van der Waals surface area contributed by atoms with Crippen LogP contribution in [0.5, 0.6) is 5.75 Å². The summed E-state index contributed by atoms with van der Waals surface area (Å²) in [7, 11) is -3.65. The molecule has 2 N–H and O–H groups in total. The van der Waals surface area contributed by atoms with E-state index in [4.69, 9.17) is 9.84 Å². The third-order valence-corrected chi connectivity index (χ3v) is 3.70. The molecule has 0 aliphatic carbocycles. The third-order valence-electron chi connectivity index (χ3n) is 2.38. The Morgan fingerprint density at radius 1 is 1.33 bits per heavy atom. The van der Waals surface area contributed by atoms with E-state index in [0.717, 1.165) is 21.8 Å². The van der Waals surface area contributed by atoms with Gasteiger partial charge >= 0.3 is 10.2 Å². The van der Waals surface area contributed by atoms with E-state index in [2.05, 4.69) is 0 Å². The third kappa shape index (κ3) is 2.67. The second kappa shape index (κ2) is 4.77. The summed E-state index contributed by atoms with van der Waals surface area (Å²) >= 11 is 0. The molecule has 0 bridgehead atoms. The van der Waals surface area contributed by atoms with Crippen LogP contribution in [0.25, 0.3) is 0 Å². The molecule has 98 valence electrons. The number of aliphatic hydroxyl groups is 1. The van der Waals surface area contributed by atoms with Crippen LogP contribution in [0.2, 0.25) is 0 Å². The zero-order valence-corrected chi connectivity index (χ0v) is 10.6. The summed E-state index contributed by atoms with van der Waals surface area (Å²) in [6.45, 7) is 2.64. The lowest BCUT2D eigenvalue weighted by Gasteiger charge is -2.14. The quantitative estimate of drug-likeness (QED) is 0.858. The van der Waals surface area contributed by atoms with Gasteiger partial charge in [-0.15, -0.1) is 0 Å². The van der Waals surface area contributed by atoms with Crippen molar-refractivity contribution in [3.8, 4) is 5.75 Å². The van der Waals surface area contributed by atoms with E-state index in [9.17, 15) is 8.42 Å². The van der Waals surface area contributed by atoms with Crippen molar-refractivity contribution < 1.29 is 18.3 Å². The zero-order valence-electron chi connectivity index (χ0n) is 9.83. The number of nitrogens with one attached hydrogen (secondary N) is 1. The molecule has 0 radical (unpaired) electrons. The van der Waals surface area contributed by atoms with Gasteiger partial charge in [0.05, 0.1) is 19.4 Å². The highest BCUT2D eigenvalue weighted by atomic mass is 32.2. The highest BCUT2D eigenvalue weighted by Crippen LogP contribution is 2.18. The number of hydrogen-bond donors (Lipinski definition) is 2. The topological polar surface area (TPSA) is 78.9 Å². The molecule has 0 aromatic heterocycles. The molecule has 0 saturated heterocycles. The Kier molecular flexibility index (Phi) is 3.33. The molecule has 1 aliphatic heterocycles. The molecule has 1 aromatic rings. The fraction of sp³-hybridized carbons (Fsp3) is 0.273. The monoisotopic (exact) mass is 270 g/mol. The molecule has 0 fully saturated rings. The van der Waals surface area contributed by atoms with Crippen LogP contribution in [0.4, 0.5) is 0 Å². The van der Waals surface area contributed by atoms with Gasteiger partial charge in [0.2, 0.25) is 5.88 Å². The van der Waals surface area contributed by atoms with E-state index in [1.807, 2.05) is 11.6 Å². The van der Waals surface area contributed by atoms with Crippen LogP contribution in [-0.2, 0) is 16.8 Å². The van der Waals surface area contributed by atoms with Crippen molar-refractivity contribution in [2.75, 3.05) is 6.61 Å². The first kappa shape index (κ1) is 12.6. The van der Waals surface area contributed by atoms with E-state index in [1.54, 1.807) is 24.3 Å². The zero-order chi connectivity index (χ0) is 13.2. The fourth-order valence-electron chi connectivity index (χ4n) is 1.59. The van der Waals surface area contributed by atoms with Gasteiger partial charge in [-0.25, -0.2) is 4.72 Å². The summed E-state index contributed by atoms with van der Waals surface area (Å²) in [6, 6.07) is 7.12. The van der Waals surface area contributed by atoms with Crippen LogP contribution in [0.15, 0.2) is 36.3 Å². The molecule has 1 aromatic carbocycles. The molecular formula is C11H14N2O4S. The second-order valence-electron chi connectivity index (χ2n) is 3.74. The van der Waals surface area contributed by atoms with Crippen LogP contribution in [0.3, 0.4) is 0 Å². The Balaban J connectivity index is 2.10. The van der Waals surface area contributed by atoms with Gasteiger partial charge in [-0.05, 0) is 24.6 Å². The molecule has 1 aliphatic rings. The Bertz CT molecular complexity index is 551. The van der Waals surface area contributed by atoms with Crippen LogP contribution < -0.4 is 9.46 Å². The van der Waals surface area contributed by atoms with Crippen LogP contribution in [0, 0.1) is 0 Å². The lowest BCUT2D eigenvalue weighted by atomic mass is 10.2. The lowest BCUT2D eigenvalue weighted by molar-refractivity contribution is 0.340. The molecular weight excluding hydrogens is 256 g/mol. The number of hydrogen-bond acceptors (Lipinski definition) is 4. The molecule has 0 amide bonds. The molecule has 18 heavy (non-hydrogen) atoms. The van der Waals surface area contributed by atoms with Gasteiger partial charge in [-0.3, -0.25) is 4.31 Å². The standard InChI is InChI=1S/C11H14N2O4S/c1-2-17-10-5-3-9(4-6-10)7-13-8-11(14)12-18(13,15)16/h3-6,8,12,14H,2,7H2,1H3. The molecule has 0 atom stereocenters. The summed E-state index contributed by atoms with van der Waals surface area (Å²) in [6.07, 6.45) is 1.14. The van der Waals surface area contributed by atoms with Crippen molar-refractivity contribution in [1.82, 2.24) is 9.03 Å². The molecule has 0 unspecified atom stereocenters. The minimum atomic E-state index is -3.65. The average Bonchev–Trinajstić information content (AvgIpc) is 2.55. The molecule has 6 nitrogen and oxygen atoms in total. The van der Waals surface area contributed by atoms with Crippen LogP contribution in [0.1, 0.15) is 12.5 Å². The van der Waals surface area contributed by atoms with E-state index < -0.39 is 10.2 Å². The summed E-state index contributed by atoms with van der Waals surface area (Å²) in [5.74, 6) is 0.364. The van der Waals surface area contributed by atoms with E-state index in [-0.39, 0.29) is 12.4 Å². The highest BCUT2D eigenvalue weighted by molar-refractivity contribution is 7.87. The minimum absolute atomic E-state index is 0.159. The minimum Gasteiger partial charge on any atom is -0.494 e. The van der Waals surface area contributed by atoms with E-state index >= 15 is 0 Å². The SMILES string of the molecule is CCOc1ccc(CN2C=C(O)NS2(=O)=O)cc1. The van der Waals surface area contributed by atoms with Crippen molar-refractivity contribution >= 4 is 10.2 Å². The van der Waals surface area contributed by atoms with Gasteiger partial charge in [0, 0.05) is 0 Å². The summed E-state index contributed by atoms with van der Waals surface area (Å²) in [4.78, 5) is 0. The molecule has 7 heteroatoms. The number of nitrogens with zero attached hydrogens (tertiary/aromatic N) is 1. The number of benzene rings is 1. The average molecular weight is 270 g/mol. The fourth-order valence-corrected chi connectivity index (χ4v) is 2.58. The molecule has 2 rings (SSSR count). The first-order valence-electron chi connectivity index (χ1n) is 5.43. The Hall–Kier alpha value is -1.89. The molecule has 0 spiro atoms. The van der Waals surface area contributed by atoms with Crippen molar-refractivity contribution in [1.29, 1.82) is 0 Å². The maximum absolute atomic E-state index is 11.5. The summed E-state index contributed by atoms with van der Waals surface area (Å²) in [5.41, 5.74) is 0.801. The normalized spacial score (nSPS) is 17.2. The van der Waals surface area contributed by atoms with Gasteiger partial charge in [-0.2, -0.15) is 8.42 Å². The molecule has 0 saturated carbocycles. The number of ether oxygens (including phenoxy) is 1. The second-order valence-corrected chi connectivity index (χ2v) is 5.37. The largest absolute Gasteiger partial charge is 0.494 e. The van der Waals surface area contributed by atoms with E-state index in [1.165, 1.54) is 0 Å². The summed E-state index contributed by atoms with van der Waals surface area (Å²) < 4.78 is 31.4. The number of aliphatic hydroxyl groups excluding tert-OH is 1. The van der Waals surface area contributed by atoms with Crippen molar-refractivity contribution in [2.24, 2.45) is 0 Å². The van der Waals surface area contributed by atoms with Gasteiger partial charge in [-0.1, -0.05) is 12.1 Å². The predicted molar refractivity (Wildman–Crippen MR) is 65.9 cm³/mol. The smallest absolute Gasteiger partial charge is 0.326 e. The maximum atomic E-state index is 11.5. The Labute approximate surface area is 106 Å². The van der Waals surface area contributed by atoms with Crippen LogP contribution >= 0.6 is 0 Å². The van der Waals surface area contributed by atoms with Gasteiger partial charge in [0.25, 0.3) is 0 Å². The van der Waals surface area contributed by atoms with Gasteiger partial charge < -0.3 is 9.84 Å². The Morgan fingerprint density at radius 3 is 2.50 bits per heavy atom. The highest BCUT2D eigenvalue weighted by Gasteiger charge is 2.26. The first-order valence-corrected chi connectivity index (χ1v) is 6.87. The maximum Gasteiger partial charge on any atom is 0.326 e.